The molecule has 4 aliphatic rings. The Morgan fingerprint density at radius 2 is 1.00 bits per heavy atom. The number of benzene rings is 8. The molecule has 0 fully saturated rings. The molecule has 0 spiro atoms. The van der Waals surface area contributed by atoms with Gasteiger partial charge in [0.1, 0.15) is 11.2 Å². The molecular formula is C71H74BN3O. The van der Waals surface area contributed by atoms with Crippen LogP contribution in [0.2, 0.25) is 0 Å². The number of furan rings is 1. The average molecular weight is 996 g/mol. The second-order valence-corrected chi connectivity index (χ2v) is 26.9. The third kappa shape index (κ3) is 7.38. The SMILES string of the molecule is Cc1cc2c3c(c1)N(c1ccc4c(c1)C(C)(C)CCC4(C)C)c1cc4c(cc1B3c1ccc(N(c3ccccc3C)c3ccccc3C)cc1N2c1ccc2oc3cc(C(C)(C)C)ccc3c2c1)C(C)(C)CCC4(C)C. The van der Waals surface area contributed by atoms with Gasteiger partial charge < -0.3 is 19.1 Å². The summed E-state index contributed by atoms with van der Waals surface area (Å²) < 4.78 is 6.74. The van der Waals surface area contributed by atoms with Crippen LogP contribution < -0.4 is 31.1 Å². The van der Waals surface area contributed by atoms with Crippen molar-refractivity contribution in [2.75, 3.05) is 14.7 Å². The second-order valence-electron chi connectivity index (χ2n) is 26.9. The van der Waals surface area contributed by atoms with E-state index >= 15 is 0 Å². The fourth-order valence-electron chi connectivity index (χ4n) is 14.0. The molecule has 0 bridgehead atoms. The third-order valence-electron chi connectivity index (χ3n) is 18.8. The Morgan fingerprint density at radius 3 is 1.61 bits per heavy atom. The number of hydrogen-bond donors (Lipinski definition) is 0. The van der Waals surface area contributed by atoms with Crippen LogP contribution in [0.3, 0.4) is 0 Å². The number of fused-ring (bicyclic) bond motifs is 9. The van der Waals surface area contributed by atoms with Gasteiger partial charge in [-0.15, -0.1) is 0 Å². The van der Waals surface area contributed by atoms with Gasteiger partial charge >= 0.3 is 0 Å². The Labute approximate surface area is 452 Å². The van der Waals surface area contributed by atoms with Gasteiger partial charge in [0, 0.05) is 62.0 Å². The van der Waals surface area contributed by atoms with Crippen molar-refractivity contribution in [3.05, 3.63) is 190 Å². The molecule has 3 heterocycles. The van der Waals surface area contributed by atoms with Crippen LogP contribution in [-0.2, 0) is 27.1 Å². The third-order valence-corrected chi connectivity index (χ3v) is 18.8. The van der Waals surface area contributed by atoms with Crippen LogP contribution in [0.5, 0.6) is 0 Å². The number of para-hydroxylation sites is 2. The summed E-state index contributed by atoms with van der Waals surface area (Å²) in [6.07, 6.45) is 4.66. The largest absolute Gasteiger partial charge is 0.456 e. The van der Waals surface area contributed by atoms with Crippen LogP contribution in [0.1, 0.15) is 146 Å². The zero-order chi connectivity index (χ0) is 53.2. The molecule has 76 heavy (non-hydrogen) atoms. The highest BCUT2D eigenvalue weighted by molar-refractivity contribution is 7.00. The summed E-state index contributed by atoms with van der Waals surface area (Å²) in [7, 11) is 0. The fourth-order valence-corrected chi connectivity index (χ4v) is 14.0. The maximum Gasteiger partial charge on any atom is 0.252 e. The van der Waals surface area contributed by atoms with Crippen molar-refractivity contribution in [3.8, 4) is 0 Å². The van der Waals surface area contributed by atoms with Crippen molar-refractivity contribution < 1.29 is 4.42 Å². The summed E-state index contributed by atoms with van der Waals surface area (Å²) >= 11 is 0. The minimum absolute atomic E-state index is 0.00244. The smallest absolute Gasteiger partial charge is 0.252 e. The molecule has 13 rings (SSSR count). The summed E-state index contributed by atoms with van der Waals surface area (Å²) in [5.41, 5.74) is 27.8. The number of anilines is 9. The van der Waals surface area contributed by atoms with E-state index in [0.717, 1.165) is 46.2 Å². The molecule has 5 heteroatoms. The molecule has 0 saturated heterocycles. The second kappa shape index (κ2) is 16.5. The van der Waals surface area contributed by atoms with Crippen molar-refractivity contribution in [1.82, 2.24) is 0 Å². The van der Waals surface area contributed by atoms with Gasteiger partial charge in [-0.1, -0.05) is 143 Å². The lowest BCUT2D eigenvalue weighted by atomic mass is 9.33. The lowest BCUT2D eigenvalue weighted by Gasteiger charge is -2.48. The Hall–Kier alpha value is -6.98. The van der Waals surface area contributed by atoms with E-state index in [0.29, 0.717) is 0 Å². The van der Waals surface area contributed by atoms with Crippen molar-refractivity contribution in [3.63, 3.8) is 0 Å². The zero-order valence-corrected chi connectivity index (χ0v) is 47.5. The Morgan fingerprint density at radius 1 is 0.461 bits per heavy atom. The van der Waals surface area contributed by atoms with Crippen LogP contribution in [0, 0.1) is 20.8 Å². The molecule has 0 radical (unpaired) electrons. The minimum atomic E-state index is -0.0315. The number of hydrogen-bond acceptors (Lipinski definition) is 4. The molecule has 1 aromatic heterocycles. The van der Waals surface area contributed by atoms with Crippen LogP contribution in [0.15, 0.2) is 150 Å². The van der Waals surface area contributed by atoms with E-state index in [-0.39, 0.29) is 33.8 Å². The van der Waals surface area contributed by atoms with Gasteiger partial charge in [-0.2, -0.15) is 0 Å². The molecule has 0 atom stereocenters. The molecule has 0 unspecified atom stereocenters. The molecule has 2 aliphatic carbocycles. The van der Waals surface area contributed by atoms with Gasteiger partial charge in [0.2, 0.25) is 0 Å². The standard InChI is InChI=1S/C71H74BN3O/c1-43-35-62-66-63(36-43)75(48-24-28-52-53(39-48)69(9,10)32-31-68(52,7)8)61-42-55-54(70(11,12)33-34-71(55,13)14)41-57(61)72(66)56-29-25-49(73(58-21-17-15-19-44(58)2)59-22-18-16-20-45(59)3)40-60(56)74(62)47-26-30-64-51(38-47)50-27-23-46(67(4,5)6)37-65(50)76-64/h15-30,35-42H,31-34H2,1-14H3. The molecule has 0 amide bonds. The fraction of sp³-hybridized carbons (Fsp3) is 0.324. The zero-order valence-electron chi connectivity index (χ0n) is 47.5. The Balaban J connectivity index is 1.13. The van der Waals surface area contributed by atoms with Crippen LogP contribution >= 0.6 is 0 Å². The van der Waals surface area contributed by atoms with Gasteiger partial charge in [0.15, 0.2) is 0 Å². The van der Waals surface area contributed by atoms with Crippen molar-refractivity contribution in [1.29, 1.82) is 0 Å². The first-order valence-corrected chi connectivity index (χ1v) is 28.1. The quantitative estimate of drug-likeness (QED) is 0.160. The van der Waals surface area contributed by atoms with Crippen molar-refractivity contribution >= 4 is 96.2 Å². The van der Waals surface area contributed by atoms with Gasteiger partial charge in [-0.3, -0.25) is 0 Å². The van der Waals surface area contributed by atoms with E-state index in [1.807, 2.05) is 0 Å². The highest BCUT2D eigenvalue weighted by atomic mass is 16.3. The average Bonchev–Trinajstić information content (AvgIpc) is 3.89. The van der Waals surface area contributed by atoms with E-state index in [9.17, 15) is 0 Å². The van der Waals surface area contributed by atoms with Crippen LogP contribution in [0.4, 0.5) is 51.2 Å². The Bertz CT molecular complexity index is 3850. The van der Waals surface area contributed by atoms with Crippen LogP contribution in [0.25, 0.3) is 21.9 Å². The Kier molecular flexibility index (Phi) is 10.6. The van der Waals surface area contributed by atoms with Crippen molar-refractivity contribution in [2.24, 2.45) is 0 Å². The molecular weight excluding hydrogens is 922 g/mol. The van der Waals surface area contributed by atoms with Gasteiger partial charge in [-0.25, -0.2) is 0 Å². The lowest BCUT2D eigenvalue weighted by Crippen LogP contribution is -2.62. The van der Waals surface area contributed by atoms with E-state index in [1.54, 1.807) is 0 Å². The highest BCUT2D eigenvalue weighted by Gasteiger charge is 2.47. The molecule has 8 aromatic carbocycles. The normalized spacial score (nSPS) is 17.5. The van der Waals surface area contributed by atoms with E-state index in [1.165, 1.54) is 114 Å². The van der Waals surface area contributed by atoms with E-state index in [4.69, 9.17) is 4.42 Å². The minimum Gasteiger partial charge on any atom is -0.456 e. The summed E-state index contributed by atoms with van der Waals surface area (Å²) in [4.78, 5) is 7.77. The molecule has 0 saturated carbocycles. The maximum absolute atomic E-state index is 6.74. The number of aryl methyl sites for hydroxylation is 3. The number of rotatable bonds is 5. The first-order valence-electron chi connectivity index (χ1n) is 28.1. The predicted molar refractivity (Wildman–Crippen MR) is 326 cm³/mol. The predicted octanol–water partition coefficient (Wildman–Crippen LogP) is 18.1. The summed E-state index contributed by atoms with van der Waals surface area (Å²) in [6, 6.07) is 56.6. The summed E-state index contributed by atoms with van der Waals surface area (Å²) in [6.45, 7) is 33.3. The lowest BCUT2D eigenvalue weighted by molar-refractivity contribution is 0.332. The highest BCUT2D eigenvalue weighted by Crippen LogP contribution is 2.54. The van der Waals surface area contributed by atoms with Crippen LogP contribution in [-0.4, -0.2) is 6.71 Å². The molecule has 382 valence electrons. The first-order chi connectivity index (χ1) is 36.0. The molecule has 4 nitrogen and oxygen atoms in total. The molecule has 0 N–H and O–H groups in total. The first kappa shape index (κ1) is 48.7. The van der Waals surface area contributed by atoms with Crippen molar-refractivity contribution in [2.45, 2.75) is 150 Å². The molecule has 9 aromatic rings. The van der Waals surface area contributed by atoms with Gasteiger partial charge in [0.05, 0.1) is 0 Å². The summed E-state index contributed by atoms with van der Waals surface area (Å²) in [5.74, 6) is 0. The monoisotopic (exact) mass is 996 g/mol. The van der Waals surface area contributed by atoms with E-state index < -0.39 is 0 Å². The number of nitrogens with zero attached hydrogens (tertiary/aromatic N) is 3. The van der Waals surface area contributed by atoms with Gasteiger partial charge in [0.25, 0.3) is 6.71 Å². The summed E-state index contributed by atoms with van der Waals surface area (Å²) in [5, 5.41) is 2.26. The topological polar surface area (TPSA) is 22.9 Å². The van der Waals surface area contributed by atoms with E-state index in [2.05, 4.69) is 257 Å². The van der Waals surface area contributed by atoms with Gasteiger partial charge in [-0.05, 0) is 213 Å². The molecule has 2 aliphatic heterocycles. The maximum atomic E-state index is 6.74.